The van der Waals surface area contributed by atoms with E-state index in [9.17, 15) is 4.79 Å². The van der Waals surface area contributed by atoms with Crippen molar-refractivity contribution in [3.63, 3.8) is 0 Å². The lowest BCUT2D eigenvalue weighted by molar-refractivity contribution is -0.110. The molecule has 3 N–H and O–H groups in total. The van der Waals surface area contributed by atoms with E-state index in [2.05, 4.69) is 5.32 Å². The lowest BCUT2D eigenvalue weighted by Gasteiger charge is -2.02. The third-order valence-corrected chi connectivity index (χ3v) is 0.648. The maximum Gasteiger partial charge on any atom is 0.207 e. The van der Waals surface area contributed by atoms with Crippen LogP contribution in [0.1, 0.15) is 0 Å². The summed E-state index contributed by atoms with van der Waals surface area (Å²) in [6.45, 7) is -0.208. The third kappa shape index (κ3) is 3.58. The SMILES string of the molecule is O=CNCC(O)CO. The molecule has 0 aliphatic heterocycles. The number of hydrogen-bond donors (Lipinski definition) is 3. The number of amides is 1. The molecule has 0 aliphatic carbocycles. The highest BCUT2D eigenvalue weighted by atomic mass is 16.3. The van der Waals surface area contributed by atoms with Gasteiger partial charge < -0.3 is 15.5 Å². The number of hydrogen-bond acceptors (Lipinski definition) is 3. The van der Waals surface area contributed by atoms with Crippen molar-refractivity contribution in [3.8, 4) is 0 Å². The molecule has 0 aromatic rings. The van der Waals surface area contributed by atoms with Crippen LogP contribution in [0.3, 0.4) is 0 Å². The molecule has 0 aliphatic rings. The van der Waals surface area contributed by atoms with E-state index in [-0.39, 0.29) is 13.2 Å². The van der Waals surface area contributed by atoms with Crippen molar-refractivity contribution in [1.29, 1.82) is 0 Å². The minimum absolute atomic E-state index is 0.111. The quantitative estimate of drug-likeness (QED) is 0.378. The summed E-state index contributed by atoms with van der Waals surface area (Å²) in [7, 11) is 0. The van der Waals surface area contributed by atoms with Crippen molar-refractivity contribution in [1.82, 2.24) is 5.32 Å². The second-order valence-corrected chi connectivity index (χ2v) is 1.36. The largest absolute Gasteiger partial charge is 0.394 e. The van der Waals surface area contributed by atoms with Crippen molar-refractivity contribution < 1.29 is 15.0 Å². The summed E-state index contributed by atoms with van der Waals surface area (Å²) in [5.74, 6) is 0. The first-order chi connectivity index (χ1) is 3.81. The summed E-state index contributed by atoms with van der Waals surface area (Å²) in [5, 5.41) is 18.9. The van der Waals surface area contributed by atoms with E-state index in [1.807, 2.05) is 0 Å². The van der Waals surface area contributed by atoms with Gasteiger partial charge in [0.25, 0.3) is 0 Å². The van der Waals surface area contributed by atoms with Gasteiger partial charge in [-0.3, -0.25) is 4.79 Å². The van der Waals surface area contributed by atoms with Gasteiger partial charge in [0.05, 0.1) is 12.7 Å². The molecule has 0 fully saturated rings. The van der Waals surface area contributed by atoms with Crippen LogP contribution in [0.2, 0.25) is 0 Å². The van der Waals surface area contributed by atoms with Crippen LogP contribution in [-0.4, -0.2) is 35.9 Å². The second-order valence-electron chi connectivity index (χ2n) is 1.36. The fourth-order valence-corrected chi connectivity index (χ4v) is 0.249. The standard InChI is InChI=1S/C4H9NO3/c6-2-4(8)1-5-3-7/h3-4,6,8H,1-2H2,(H,5,7). The summed E-state index contributed by atoms with van der Waals surface area (Å²) < 4.78 is 0. The number of aliphatic hydroxyl groups excluding tert-OH is 2. The Balaban J connectivity index is 2.97. The smallest absolute Gasteiger partial charge is 0.207 e. The van der Waals surface area contributed by atoms with Crippen LogP contribution in [0, 0.1) is 0 Å². The molecule has 1 atom stereocenters. The molecule has 1 amide bonds. The van der Waals surface area contributed by atoms with Crippen LogP contribution in [0.4, 0.5) is 0 Å². The highest BCUT2D eigenvalue weighted by Gasteiger charge is 1.96. The minimum Gasteiger partial charge on any atom is -0.394 e. The van der Waals surface area contributed by atoms with Crippen molar-refractivity contribution in [2.24, 2.45) is 0 Å². The molecule has 48 valence electrons. The Morgan fingerprint density at radius 2 is 2.38 bits per heavy atom. The highest BCUT2D eigenvalue weighted by Crippen LogP contribution is 1.72. The summed E-state index contributed by atoms with van der Waals surface area (Å²) in [5.41, 5.74) is 0. The van der Waals surface area contributed by atoms with E-state index in [1.165, 1.54) is 0 Å². The number of nitrogens with one attached hydrogen (secondary N) is 1. The van der Waals surface area contributed by atoms with E-state index >= 15 is 0 Å². The molecule has 0 spiro atoms. The molecule has 4 heteroatoms. The number of rotatable bonds is 4. The zero-order chi connectivity index (χ0) is 6.41. The van der Waals surface area contributed by atoms with Gasteiger partial charge in [-0.05, 0) is 0 Å². The van der Waals surface area contributed by atoms with Gasteiger partial charge in [0.1, 0.15) is 0 Å². The van der Waals surface area contributed by atoms with Crippen molar-refractivity contribution in [3.05, 3.63) is 0 Å². The predicted molar refractivity (Wildman–Crippen MR) is 27.2 cm³/mol. The van der Waals surface area contributed by atoms with Crippen LogP contribution in [0.25, 0.3) is 0 Å². The van der Waals surface area contributed by atoms with Gasteiger partial charge in [0.2, 0.25) is 6.41 Å². The van der Waals surface area contributed by atoms with E-state index in [0.29, 0.717) is 6.41 Å². The Labute approximate surface area is 47.1 Å². The van der Waals surface area contributed by atoms with E-state index in [4.69, 9.17) is 10.2 Å². The zero-order valence-corrected chi connectivity index (χ0v) is 4.37. The van der Waals surface area contributed by atoms with Crippen LogP contribution >= 0.6 is 0 Å². The summed E-state index contributed by atoms with van der Waals surface area (Å²) in [6.07, 6.45) is -0.362. The van der Waals surface area contributed by atoms with E-state index in [0.717, 1.165) is 0 Å². The average molecular weight is 119 g/mol. The van der Waals surface area contributed by atoms with Crippen molar-refractivity contribution in [2.45, 2.75) is 6.10 Å². The minimum atomic E-state index is -0.833. The molecule has 0 saturated heterocycles. The summed E-state index contributed by atoms with van der Waals surface area (Å²) >= 11 is 0. The first-order valence-corrected chi connectivity index (χ1v) is 2.27. The molecule has 0 heterocycles. The summed E-state index contributed by atoms with van der Waals surface area (Å²) in [4.78, 5) is 9.52. The molecule has 0 aromatic carbocycles. The van der Waals surface area contributed by atoms with Crippen molar-refractivity contribution in [2.75, 3.05) is 13.2 Å². The molecule has 0 bridgehead atoms. The van der Waals surface area contributed by atoms with Crippen LogP contribution in [0.5, 0.6) is 0 Å². The van der Waals surface area contributed by atoms with Gasteiger partial charge in [0.15, 0.2) is 0 Å². The van der Waals surface area contributed by atoms with Gasteiger partial charge >= 0.3 is 0 Å². The monoisotopic (exact) mass is 119 g/mol. The van der Waals surface area contributed by atoms with Gasteiger partial charge in [0, 0.05) is 6.54 Å². The Morgan fingerprint density at radius 3 is 2.75 bits per heavy atom. The highest BCUT2D eigenvalue weighted by molar-refractivity contribution is 5.45. The van der Waals surface area contributed by atoms with Gasteiger partial charge in [-0.25, -0.2) is 0 Å². The first-order valence-electron chi connectivity index (χ1n) is 2.27. The van der Waals surface area contributed by atoms with Crippen LogP contribution in [-0.2, 0) is 4.79 Å². The van der Waals surface area contributed by atoms with Gasteiger partial charge in [-0.15, -0.1) is 0 Å². The fourth-order valence-electron chi connectivity index (χ4n) is 0.249. The number of carbonyl (C=O) groups excluding carboxylic acids is 1. The fraction of sp³-hybridized carbons (Fsp3) is 0.750. The van der Waals surface area contributed by atoms with Crippen LogP contribution < -0.4 is 5.32 Å². The van der Waals surface area contributed by atoms with Gasteiger partial charge in [-0.2, -0.15) is 0 Å². The summed E-state index contributed by atoms with van der Waals surface area (Å²) in [6, 6.07) is 0. The van der Waals surface area contributed by atoms with Gasteiger partial charge in [-0.1, -0.05) is 0 Å². The molecular formula is C4H9NO3. The van der Waals surface area contributed by atoms with Crippen molar-refractivity contribution >= 4 is 6.41 Å². The molecule has 1 unspecified atom stereocenters. The lowest BCUT2D eigenvalue weighted by atomic mass is 10.4. The van der Waals surface area contributed by atoms with E-state index < -0.39 is 6.10 Å². The molecular weight excluding hydrogens is 110 g/mol. The third-order valence-electron chi connectivity index (χ3n) is 0.648. The predicted octanol–water partition coefficient (Wildman–Crippen LogP) is -1.91. The van der Waals surface area contributed by atoms with E-state index in [1.54, 1.807) is 0 Å². The number of aliphatic hydroxyl groups is 2. The maximum atomic E-state index is 9.52. The molecule has 0 radical (unpaired) electrons. The molecule has 0 aromatic heterocycles. The maximum absolute atomic E-state index is 9.52. The lowest BCUT2D eigenvalue weighted by Crippen LogP contribution is -2.28. The average Bonchev–Trinajstić information content (AvgIpc) is 1.83. The molecule has 0 rings (SSSR count). The topological polar surface area (TPSA) is 69.6 Å². The Morgan fingerprint density at radius 1 is 1.75 bits per heavy atom. The van der Waals surface area contributed by atoms with Crippen LogP contribution in [0.15, 0.2) is 0 Å². The molecule has 8 heavy (non-hydrogen) atoms. The Kier molecular flexibility index (Phi) is 4.20. The zero-order valence-electron chi connectivity index (χ0n) is 4.37. The first kappa shape index (κ1) is 7.39. The number of carbonyl (C=O) groups is 1. The normalized spacial score (nSPS) is 12.8. The molecule has 4 nitrogen and oxygen atoms in total. The Bertz CT molecular complexity index is 66.3. The second kappa shape index (κ2) is 4.55. The Hall–Kier alpha value is -0.610. The molecule has 0 saturated carbocycles.